The molecule has 1 atom stereocenters. The molecule has 0 radical (unpaired) electrons. The minimum Gasteiger partial charge on any atom is -0.393 e. The first kappa shape index (κ1) is 13.1. The normalized spacial score (nSPS) is 40.8. The molecule has 0 aromatic heterocycles. The van der Waals surface area contributed by atoms with Crippen molar-refractivity contribution in [3.8, 4) is 0 Å². The van der Waals surface area contributed by atoms with Crippen molar-refractivity contribution in [2.45, 2.75) is 63.6 Å². The lowest BCUT2D eigenvalue weighted by molar-refractivity contribution is 0.0601. The fourth-order valence-electron chi connectivity index (χ4n) is 3.72. The molecule has 2 nitrogen and oxygen atoms in total. The Morgan fingerprint density at radius 1 is 0.882 bits per heavy atom. The molecule has 2 aliphatic carbocycles. The Hall–Kier alpha value is -0.340. The molecule has 2 heteroatoms. The van der Waals surface area contributed by atoms with E-state index in [2.05, 4.69) is 6.58 Å². The highest BCUT2D eigenvalue weighted by molar-refractivity contribution is 4.89. The zero-order valence-corrected chi connectivity index (χ0v) is 10.7. The quantitative estimate of drug-likeness (QED) is 0.742. The van der Waals surface area contributed by atoms with Crippen LogP contribution in [0.5, 0.6) is 0 Å². The summed E-state index contributed by atoms with van der Waals surface area (Å²) in [7, 11) is 0. The van der Waals surface area contributed by atoms with Crippen molar-refractivity contribution in [3.63, 3.8) is 0 Å². The van der Waals surface area contributed by atoms with E-state index in [1.165, 1.54) is 25.7 Å². The maximum Gasteiger partial charge on any atom is 0.0746 e. The van der Waals surface area contributed by atoms with Gasteiger partial charge in [-0.1, -0.05) is 6.08 Å². The molecule has 0 aliphatic heterocycles. The van der Waals surface area contributed by atoms with Crippen LogP contribution < -0.4 is 0 Å². The second kappa shape index (κ2) is 6.01. The predicted octanol–water partition coefficient (Wildman–Crippen LogP) is 2.89. The molecule has 2 aliphatic rings. The summed E-state index contributed by atoms with van der Waals surface area (Å²) in [5.74, 6) is 2.12. The lowest BCUT2D eigenvalue weighted by Crippen LogP contribution is -2.30. The lowest BCUT2D eigenvalue weighted by Gasteiger charge is -2.37. The van der Waals surface area contributed by atoms with Gasteiger partial charge in [0.25, 0.3) is 0 Å². The minimum absolute atomic E-state index is 0.0369. The molecule has 0 aromatic carbocycles. The van der Waals surface area contributed by atoms with Crippen LogP contribution in [0.2, 0.25) is 0 Å². The average Bonchev–Trinajstić information content (AvgIpc) is 2.39. The first-order chi connectivity index (χ1) is 8.20. The largest absolute Gasteiger partial charge is 0.393 e. The van der Waals surface area contributed by atoms with Gasteiger partial charge in [-0.05, 0) is 69.1 Å². The molecule has 2 rings (SSSR count). The van der Waals surface area contributed by atoms with E-state index < -0.39 is 0 Å². The molecule has 17 heavy (non-hydrogen) atoms. The molecule has 2 saturated carbocycles. The van der Waals surface area contributed by atoms with Gasteiger partial charge in [-0.25, -0.2) is 0 Å². The Bertz CT molecular complexity index is 235. The highest BCUT2D eigenvalue weighted by atomic mass is 16.3. The first-order valence-corrected chi connectivity index (χ1v) is 7.19. The Labute approximate surface area is 105 Å². The summed E-state index contributed by atoms with van der Waals surface area (Å²) in [5.41, 5.74) is 0. The van der Waals surface area contributed by atoms with Gasteiger partial charge in [0.05, 0.1) is 12.2 Å². The van der Waals surface area contributed by atoms with Crippen molar-refractivity contribution in [3.05, 3.63) is 12.7 Å². The predicted molar refractivity (Wildman–Crippen MR) is 69.6 cm³/mol. The van der Waals surface area contributed by atoms with Crippen LogP contribution in [0.25, 0.3) is 0 Å². The summed E-state index contributed by atoms with van der Waals surface area (Å²) in [5, 5.41) is 19.3. The van der Waals surface area contributed by atoms with Crippen molar-refractivity contribution in [2.24, 2.45) is 17.8 Å². The van der Waals surface area contributed by atoms with Gasteiger partial charge in [0, 0.05) is 0 Å². The van der Waals surface area contributed by atoms with Crippen LogP contribution in [0.15, 0.2) is 12.7 Å². The molecule has 0 heterocycles. The third kappa shape index (κ3) is 3.32. The maximum absolute atomic E-state index is 9.76. The smallest absolute Gasteiger partial charge is 0.0746 e. The van der Waals surface area contributed by atoms with E-state index in [-0.39, 0.29) is 12.2 Å². The van der Waals surface area contributed by atoms with E-state index in [1.54, 1.807) is 6.08 Å². The molecule has 0 aromatic rings. The molecular weight excluding hydrogens is 212 g/mol. The van der Waals surface area contributed by atoms with Gasteiger partial charge in [0.2, 0.25) is 0 Å². The van der Waals surface area contributed by atoms with Crippen molar-refractivity contribution in [1.29, 1.82) is 0 Å². The fourth-order valence-corrected chi connectivity index (χ4v) is 3.72. The number of hydrogen-bond donors (Lipinski definition) is 2. The summed E-state index contributed by atoms with van der Waals surface area (Å²) < 4.78 is 0. The molecule has 0 bridgehead atoms. The Kier molecular flexibility index (Phi) is 4.63. The molecule has 98 valence electrons. The summed E-state index contributed by atoms with van der Waals surface area (Å²) in [6, 6.07) is 0. The van der Waals surface area contributed by atoms with E-state index in [0.29, 0.717) is 5.92 Å². The standard InChI is InChI=1S/C15H26O2/c1-2-15(17)13-5-3-11(4-6-13)12-7-9-14(16)10-8-12/h2,11-17H,1,3-10H2. The number of rotatable bonds is 3. The number of hydrogen-bond acceptors (Lipinski definition) is 2. The number of aliphatic hydroxyl groups excluding tert-OH is 2. The van der Waals surface area contributed by atoms with Crippen LogP contribution in [0.4, 0.5) is 0 Å². The molecule has 0 saturated heterocycles. The van der Waals surface area contributed by atoms with Gasteiger partial charge in [-0.3, -0.25) is 0 Å². The zero-order valence-electron chi connectivity index (χ0n) is 10.7. The molecular formula is C15H26O2. The summed E-state index contributed by atoms with van der Waals surface area (Å²) in [6.07, 6.45) is 10.6. The van der Waals surface area contributed by atoms with Crippen LogP contribution in [0, 0.1) is 17.8 Å². The van der Waals surface area contributed by atoms with Crippen LogP contribution in [-0.2, 0) is 0 Å². The Balaban J connectivity index is 1.77. The van der Waals surface area contributed by atoms with Gasteiger partial charge in [0.15, 0.2) is 0 Å². The summed E-state index contributed by atoms with van der Waals surface area (Å²) in [4.78, 5) is 0. The minimum atomic E-state index is -0.302. The van der Waals surface area contributed by atoms with Gasteiger partial charge in [0.1, 0.15) is 0 Å². The highest BCUT2D eigenvalue weighted by Crippen LogP contribution is 2.40. The van der Waals surface area contributed by atoms with E-state index in [9.17, 15) is 10.2 Å². The molecule has 2 N–H and O–H groups in total. The lowest BCUT2D eigenvalue weighted by atomic mass is 9.70. The Morgan fingerprint density at radius 3 is 1.82 bits per heavy atom. The second-order valence-corrected chi connectivity index (χ2v) is 5.97. The van der Waals surface area contributed by atoms with Crippen molar-refractivity contribution < 1.29 is 10.2 Å². The average molecular weight is 238 g/mol. The van der Waals surface area contributed by atoms with E-state index in [0.717, 1.165) is 37.5 Å². The van der Waals surface area contributed by atoms with Crippen LogP contribution in [0.3, 0.4) is 0 Å². The monoisotopic (exact) mass is 238 g/mol. The van der Waals surface area contributed by atoms with Crippen molar-refractivity contribution >= 4 is 0 Å². The van der Waals surface area contributed by atoms with E-state index >= 15 is 0 Å². The first-order valence-electron chi connectivity index (χ1n) is 7.19. The topological polar surface area (TPSA) is 40.5 Å². The van der Waals surface area contributed by atoms with Crippen LogP contribution in [-0.4, -0.2) is 22.4 Å². The Morgan fingerprint density at radius 2 is 1.35 bits per heavy atom. The molecule has 0 amide bonds. The van der Waals surface area contributed by atoms with Gasteiger partial charge in [-0.15, -0.1) is 6.58 Å². The van der Waals surface area contributed by atoms with Gasteiger partial charge >= 0.3 is 0 Å². The third-order valence-corrected chi connectivity index (χ3v) is 4.95. The summed E-state index contributed by atoms with van der Waals surface area (Å²) >= 11 is 0. The maximum atomic E-state index is 9.76. The second-order valence-electron chi connectivity index (χ2n) is 5.97. The zero-order chi connectivity index (χ0) is 12.3. The van der Waals surface area contributed by atoms with Crippen molar-refractivity contribution in [2.75, 3.05) is 0 Å². The van der Waals surface area contributed by atoms with E-state index in [4.69, 9.17) is 0 Å². The molecule has 2 fully saturated rings. The third-order valence-electron chi connectivity index (χ3n) is 4.95. The van der Waals surface area contributed by atoms with Gasteiger partial charge < -0.3 is 10.2 Å². The van der Waals surface area contributed by atoms with Crippen LogP contribution in [0.1, 0.15) is 51.4 Å². The number of aliphatic hydroxyl groups is 2. The summed E-state index contributed by atoms with van der Waals surface area (Å²) in [6.45, 7) is 3.68. The highest BCUT2D eigenvalue weighted by Gasteiger charge is 2.31. The molecule has 0 spiro atoms. The van der Waals surface area contributed by atoms with E-state index in [1.807, 2.05) is 0 Å². The fraction of sp³-hybridized carbons (Fsp3) is 0.867. The molecule has 1 unspecified atom stereocenters. The van der Waals surface area contributed by atoms with Crippen molar-refractivity contribution in [1.82, 2.24) is 0 Å². The SMILES string of the molecule is C=CC(O)C1CCC(C2CCC(O)CC2)CC1. The van der Waals surface area contributed by atoms with Crippen LogP contribution >= 0.6 is 0 Å². The van der Waals surface area contributed by atoms with Gasteiger partial charge in [-0.2, -0.15) is 0 Å².